The maximum Gasteiger partial charge on any atom is 0.0466 e. The van der Waals surface area contributed by atoms with Gasteiger partial charge in [0.2, 0.25) is 0 Å². The number of ether oxygens (including phenoxy) is 1. The Balaban J connectivity index is 1.97. The van der Waals surface area contributed by atoms with E-state index in [4.69, 9.17) is 4.74 Å². The Hall–Kier alpha value is -0.120. The Morgan fingerprint density at radius 2 is 2.05 bits per heavy atom. The van der Waals surface area contributed by atoms with E-state index in [-0.39, 0.29) is 0 Å². The predicted molar refractivity (Wildman–Crippen MR) is 82.7 cm³/mol. The molecule has 3 nitrogen and oxygen atoms in total. The average molecular weight is 270 g/mol. The summed E-state index contributed by atoms with van der Waals surface area (Å²) in [6.45, 7) is 11.0. The molecule has 19 heavy (non-hydrogen) atoms. The van der Waals surface area contributed by atoms with Crippen molar-refractivity contribution in [3.8, 4) is 0 Å². The molecule has 0 bridgehead atoms. The lowest BCUT2D eigenvalue weighted by Crippen LogP contribution is -2.43. The van der Waals surface area contributed by atoms with Crippen LogP contribution in [0.25, 0.3) is 0 Å². The maximum absolute atomic E-state index is 5.34. The molecule has 0 saturated carbocycles. The summed E-state index contributed by atoms with van der Waals surface area (Å²) in [7, 11) is 0. The number of unbranched alkanes of at least 4 members (excludes halogenated alkanes) is 1. The van der Waals surface area contributed by atoms with E-state index in [2.05, 4.69) is 24.1 Å². The van der Waals surface area contributed by atoms with Crippen LogP contribution < -0.4 is 5.32 Å². The van der Waals surface area contributed by atoms with E-state index in [1.54, 1.807) is 0 Å². The first kappa shape index (κ1) is 16.9. The number of rotatable bonds is 11. The van der Waals surface area contributed by atoms with E-state index in [0.29, 0.717) is 0 Å². The summed E-state index contributed by atoms with van der Waals surface area (Å²) < 4.78 is 5.34. The van der Waals surface area contributed by atoms with Crippen LogP contribution in [-0.4, -0.2) is 50.3 Å². The van der Waals surface area contributed by atoms with E-state index in [1.165, 1.54) is 58.0 Å². The topological polar surface area (TPSA) is 24.5 Å². The molecule has 1 rings (SSSR count). The Morgan fingerprint density at radius 1 is 1.16 bits per heavy atom. The maximum atomic E-state index is 5.34. The van der Waals surface area contributed by atoms with Gasteiger partial charge >= 0.3 is 0 Å². The zero-order valence-corrected chi connectivity index (χ0v) is 13.1. The molecule has 1 aliphatic rings. The quantitative estimate of drug-likeness (QED) is 0.584. The van der Waals surface area contributed by atoms with Crippen molar-refractivity contribution in [3.63, 3.8) is 0 Å². The fourth-order valence-corrected chi connectivity index (χ4v) is 2.96. The van der Waals surface area contributed by atoms with Gasteiger partial charge in [-0.05, 0) is 52.1 Å². The van der Waals surface area contributed by atoms with Gasteiger partial charge in [-0.2, -0.15) is 0 Å². The second-order valence-electron chi connectivity index (χ2n) is 5.63. The fraction of sp³-hybridized carbons (Fsp3) is 1.00. The van der Waals surface area contributed by atoms with Crippen LogP contribution in [0.15, 0.2) is 0 Å². The van der Waals surface area contributed by atoms with Crippen LogP contribution in [-0.2, 0) is 4.74 Å². The SMILES string of the molecule is CCCC1CCCCN1CCNCCCCOCC. The van der Waals surface area contributed by atoms with Crippen LogP contribution in [0.1, 0.15) is 58.8 Å². The highest BCUT2D eigenvalue weighted by Gasteiger charge is 2.20. The molecule has 3 heteroatoms. The van der Waals surface area contributed by atoms with E-state index in [0.717, 1.165) is 32.3 Å². The van der Waals surface area contributed by atoms with Gasteiger partial charge in [-0.15, -0.1) is 0 Å². The minimum absolute atomic E-state index is 0.848. The van der Waals surface area contributed by atoms with Crippen molar-refractivity contribution in [1.29, 1.82) is 0 Å². The molecular weight excluding hydrogens is 236 g/mol. The molecular formula is C16H34N2O. The van der Waals surface area contributed by atoms with Crippen molar-refractivity contribution in [2.24, 2.45) is 0 Å². The van der Waals surface area contributed by atoms with Gasteiger partial charge in [0.05, 0.1) is 0 Å². The molecule has 1 aliphatic heterocycles. The monoisotopic (exact) mass is 270 g/mol. The summed E-state index contributed by atoms with van der Waals surface area (Å²) in [6, 6.07) is 0.860. The van der Waals surface area contributed by atoms with Gasteiger partial charge in [-0.1, -0.05) is 19.8 Å². The van der Waals surface area contributed by atoms with Crippen molar-refractivity contribution in [3.05, 3.63) is 0 Å². The second-order valence-corrected chi connectivity index (χ2v) is 5.63. The second kappa shape index (κ2) is 11.7. The third-order valence-corrected chi connectivity index (χ3v) is 4.04. The third-order valence-electron chi connectivity index (χ3n) is 4.04. The molecule has 0 radical (unpaired) electrons. The Morgan fingerprint density at radius 3 is 2.84 bits per heavy atom. The van der Waals surface area contributed by atoms with Gasteiger partial charge in [0.1, 0.15) is 0 Å². The number of likely N-dealkylation sites (tertiary alicyclic amines) is 1. The first-order valence-corrected chi connectivity index (χ1v) is 8.41. The van der Waals surface area contributed by atoms with Crippen LogP contribution >= 0.6 is 0 Å². The lowest BCUT2D eigenvalue weighted by molar-refractivity contribution is 0.138. The normalized spacial score (nSPS) is 20.8. The van der Waals surface area contributed by atoms with E-state index in [1.807, 2.05) is 0 Å². The molecule has 0 aliphatic carbocycles. The van der Waals surface area contributed by atoms with E-state index < -0.39 is 0 Å². The molecule has 0 aromatic rings. The number of hydrogen-bond donors (Lipinski definition) is 1. The number of nitrogens with zero attached hydrogens (tertiary/aromatic N) is 1. The smallest absolute Gasteiger partial charge is 0.0466 e. The number of piperidine rings is 1. The van der Waals surface area contributed by atoms with Gasteiger partial charge in [0.15, 0.2) is 0 Å². The van der Waals surface area contributed by atoms with Crippen LogP contribution in [0.4, 0.5) is 0 Å². The fourth-order valence-electron chi connectivity index (χ4n) is 2.96. The number of hydrogen-bond acceptors (Lipinski definition) is 3. The lowest BCUT2D eigenvalue weighted by atomic mass is 9.98. The molecule has 1 fully saturated rings. The summed E-state index contributed by atoms with van der Waals surface area (Å²) in [6.07, 6.45) is 9.38. The largest absolute Gasteiger partial charge is 0.382 e. The van der Waals surface area contributed by atoms with Crippen molar-refractivity contribution in [1.82, 2.24) is 10.2 Å². The van der Waals surface area contributed by atoms with Crippen LogP contribution in [0.5, 0.6) is 0 Å². The van der Waals surface area contributed by atoms with E-state index >= 15 is 0 Å². The molecule has 0 amide bonds. The average Bonchev–Trinajstić information content (AvgIpc) is 2.44. The molecule has 0 aromatic carbocycles. The summed E-state index contributed by atoms with van der Waals surface area (Å²) in [5.74, 6) is 0. The zero-order chi connectivity index (χ0) is 13.8. The molecule has 1 saturated heterocycles. The van der Waals surface area contributed by atoms with Crippen LogP contribution in [0.2, 0.25) is 0 Å². The molecule has 0 aromatic heterocycles. The van der Waals surface area contributed by atoms with Crippen molar-refractivity contribution >= 4 is 0 Å². The predicted octanol–water partition coefficient (Wildman–Crippen LogP) is 3.05. The highest BCUT2D eigenvalue weighted by Crippen LogP contribution is 2.19. The zero-order valence-electron chi connectivity index (χ0n) is 13.1. The first-order chi connectivity index (χ1) is 9.38. The van der Waals surface area contributed by atoms with E-state index in [9.17, 15) is 0 Å². The summed E-state index contributed by atoms with van der Waals surface area (Å²) in [5.41, 5.74) is 0. The molecule has 114 valence electrons. The van der Waals surface area contributed by atoms with Crippen molar-refractivity contribution in [2.45, 2.75) is 64.8 Å². The van der Waals surface area contributed by atoms with Crippen molar-refractivity contribution in [2.75, 3.05) is 39.4 Å². The Labute approximate surface area is 120 Å². The highest BCUT2D eigenvalue weighted by atomic mass is 16.5. The summed E-state index contributed by atoms with van der Waals surface area (Å²) >= 11 is 0. The Kier molecular flexibility index (Phi) is 10.4. The standard InChI is InChI=1S/C16H34N2O/c1-3-9-16-10-5-7-13-18(16)14-12-17-11-6-8-15-19-4-2/h16-17H,3-15H2,1-2H3. The van der Waals surface area contributed by atoms with Crippen LogP contribution in [0.3, 0.4) is 0 Å². The highest BCUT2D eigenvalue weighted by molar-refractivity contribution is 4.76. The summed E-state index contributed by atoms with van der Waals surface area (Å²) in [5, 5.41) is 3.58. The summed E-state index contributed by atoms with van der Waals surface area (Å²) in [4.78, 5) is 2.71. The van der Waals surface area contributed by atoms with Crippen molar-refractivity contribution < 1.29 is 4.74 Å². The minimum atomic E-state index is 0.848. The first-order valence-electron chi connectivity index (χ1n) is 8.41. The van der Waals surface area contributed by atoms with Gasteiger partial charge in [-0.25, -0.2) is 0 Å². The molecule has 1 unspecified atom stereocenters. The molecule has 1 heterocycles. The van der Waals surface area contributed by atoms with Crippen LogP contribution in [0, 0.1) is 0 Å². The third kappa shape index (κ3) is 7.91. The van der Waals surface area contributed by atoms with Gasteiger partial charge < -0.3 is 10.1 Å². The van der Waals surface area contributed by atoms with Gasteiger partial charge in [0.25, 0.3) is 0 Å². The van der Waals surface area contributed by atoms with Gasteiger partial charge in [0, 0.05) is 32.3 Å². The van der Waals surface area contributed by atoms with Gasteiger partial charge in [-0.3, -0.25) is 4.90 Å². The molecule has 1 atom stereocenters. The lowest BCUT2D eigenvalue weighted by Gasteiger charge is -2.35. The number of nitrogens with one attached hydrogen (secondary N) is 1. The minimum Gasteiger partial charge on any atom is -0.382 e. The molecule has 1 N–H and O–H groups in total. The molecule has 0 spiro atoms. The Bertz CT molecular complexity index is 197.